The normalized spacial score (nSPS) is 11.1. The average molecular weight is 312 g/mol. The molecule has 0 atom stereocenters. The van der Waals surface area contributed by atoms with Gasteiger partial charge in [-0.2, -0.15) is 0 Å². The second-order valence-corrected chi connectivity index (χ2v) is 6.32. The lowest BCUT2D eigenvalue weighted by Crippen LogP contribution is -2.21. The predicted molar refractivity (Wildman–Crippen MR) is 92.3 cm³/mol. The van der Waals surface area contributed by atoms with E-state index in [0.717, 1.165) is 25.3 Å². The summed E-state index contributed by atoms with van der Waals surface area (Å²) in [4.78, 5) is 0. The quantitative estimate of drug-likeness (QED) is 0.539. The number of hydrogen-bond acceptors (Lipinski definition) is 2. The van der Waals surface area contributed by atoms with E-state index in [1.807, 2.05) is 12.1 Å². The van der Waals surface area contributed by atoms with Crippen molar-refractivity contribution >= 4 is 11.6 Å². The van der Waals surface area contributed by atoms with Gasteiger partial charge in [0.25, 0.3) is 0 Å². The fourth-order valence-corrected chi connectivity index (χ4v) is 2.42. The molecule has 1 aromatic rings. The van der Waals surface area contributed by atoms with Crippen LogP contribution in [-0.4, -0.2) is 12.6 Å². The molecule has 0 heterocycles. The highest BCUT2D eigenvalue weighted by molar-refractivity contribution is 6.32. The van der Waals surface area contributed by atoms with Crippen LogP contribution in [0, 0.1) is 0 Å². The molecule has 0 radical (unpaired) electrons. The predicted octanol–water partition coefficient (Wildman–Crippen LogP) is 5.58. The molecule has 1 rings (SSSR count). The van der Waals surface area contributed by atoms with Gasteiger partial charge in [-0.05, 0) is 24.1 Å². The summed E-state index contributed by atoms with van der Waals surface area (Å²) in [7, 11) is 0. The molecule has 21 heavy (non-hydrogen) atoms. The Kier molecular flexibility index (Phi) is 9.53. The molecule has 0 bridgehead atoms. The molecule has 1 N–H and O–H groups in total. The summed E-state index contributed by atoms with van der Waals surface area (Å²) in [5.41, 5.74) is 1.20. The Morgan fingerprint density at radius 3 is 2.48 bits per heavy atom. The molecule has 120 valence electrons. The van der Waals surface area contributed by atoms with E-state index >= 15 is 0 Å². The average Bonchev–Trinajstić information content (AvgIpc) is 2.46. The van der Waals surface area contributed by atoms with Gasteiger partial charge in [0.2, 0.25) is 0 Å². The minimum Gasteiger partial charge on any atom is -0.492 e. The van der Waals surface area contributed by atoms with E-state index < -0.39 is 0 Å². The Bertz CT molecular complexity index is 393. The summed E-state index contributed by atoms with van der Waals surface area (Å²) in [6, 6.07) is 6.54. The molecule has 0 unspecified atom stereocenters. The van der Waals surface area contributed by atoms with Gasteiger partial charge in [0.1, 0.15) is 5.75 Å². The monoisotopic (exact) mass is 311 g/mol. The standard InChI is InChI=1S/C18H30ClNO/c1-4-5-6-7-8-9-12-21-18-11-10-16(13-17(18)19)14-20-15(2)3/h10-11,13,15,20H,4-9,12,14H2,1-3H3. The molecule has 1 aromatic carbocycles. The van der Waals surface area contributed by atoms with Gasteiger partial charge in [-0.3, -0.25) is 0 Å². The van der Waals surface area contributed by atoms with Crippen molar-refractivity contribution in [3.63, 3.8) is 0 Å². The minimum absolute atomic E-state index is 0.479. The van der Waals surface area contributed by atoms with Crippen LogP contribution in [0.15, 0.2) is 18.2 Å². The summed E-state index contributed by atoms with van der Waals surface area (Å²) in [5, 5.41) is 4.10. The van der Waals surface area contributed by atoms with Crippen LogP contribution in [0.1, 0.15) is 64.9 Å². The molecular weight excluding hydrogens is 282 g/mol. The van der Waals surface area contributed by atoms with Crippen molar-refractivity contribution in [3.05, 3.63) is 28.8 Å². The van der Waals surface area contributed by atoms with Gasteiger partial charge in [0.05, 0.1) is 11.6 Å². The van der Waals surface area contributed by atoms with Crippen molar-refractivity contribution in [1.29, 1.82) is 0 Å². The molecule has 0 saturated carbocycles. The number of halogens is 1. The van der Waals surface area contributed by atoms with E-state index in [-0.39, 0.29) is 0 Å². The van der Waals surface area contributed by atoms with E-state index in [0.29, 0.717) is 11.1 Å². The Morgan fingerprint density at radius 2 is 1.81 bits per heavy atom. The SMILES string of the molecule is CCCCCCCCOc1ccc(CNC(C)C)cc1Cl. The third-order valence-corrected chi connectivity index (χ3v) is 3.76. The first kappa shape index (κ1) is 18.3. The van der Waals surface area contributed by atoms with Gasteiger partial charge >= 0.3 is 0 Å². The first-order valence-electron chi connectivity index (χ1n) is 8.28. The Hall–Kier alpha value is -0.730. The molecule has 0 saturated heterocycles. The topological polar surface area (TPSA) is 21.3 Å². The van der Waals surface area contributed by atoms with Crippen molar-refractivity contribution in [2.45, 2.75) is 71.9 Å². The van der Waals surface area contributed by atoms with Crippen molar-refractivity contribution in [2.24, 2.45) is 0 Å². The van der Waals surface area contributed by atoms with Gasteiger partial charge < -0.3 is 10.1 Å². The zero-order valence-corrected chi connectivity index (χ0v) is 14.5. The number of rotatable bonds is 11. The van der Waals surface area contributed by atoms with Gasteiger partial charge in [-0.15, -0.1) is 0 Å². The van der Waals surface area contributed by atoms with Crippen LogP contribution in [0.4, 0.5) is 0 Å². The van der Waals surface area contributed by atoms with E-state index in [2.05, 4.69) is 32.2 Å². The van der Waals surface area contributed by atoms with Crippen molar-refractivity contribution < 1.29 is 4.74 Å². The maximum atomic E-state index is 6.27. The third-order valence-electron chi connectivity index (χ3n) is 3.47. The molecule has 0 amide bonds. The van der Waals surface area contributed by atoms with Crippen molar-refractivity contribution in [3.8, 4) is 5.75 Å². The molecule has 0 aliphatic rings. The second-order valence-electron chi connectivity index (χ2n) is 5.92. The van der Waals surface area contributed by atoms with Crippen LogP contribution >= 0.6 is 11.6 Å². The maximum absolute atomic E-state index is 6.27. The molecular formula is C18H30ClNO. The molecule has 0 aliphatic heterocycles. The highest BCUT2D eigenvalue weighted by Crippen LogP contribution is 2.25. The Morgan fingerprint density at radius 1 is 1.10 bits per heavy atom. The zero-order chi connectivity index (χ0) is 15.5. The zero-order valence-electron chi connectivity index (χ0n) is 13.8. The summed E-state index contributed by atoms with van der Waals surface area (Å²) in [6.45, 7) is 8.12. The van der Waals surface area contributed by atoms with Crippen molar-refractivity contribution in [2.75, 3.05) is 6.61 Å². The highest BCUT2D eigenvalue weighted by atomic mass is 35.5. The number of unbranched alkanes of at least 4 members (excludes halogenated alkanes) is 5. The largest absolute Gasteiger partial charge is 0.492 e. The lowest BCUT2D eigenvalue weighted by atomic mass is 10.1. The Balaban J connectivity index is 2.26. The van der Waals surface area contributed by atoms with E-state index in [1.165, 1.54) is 37.7 Å². The van der Waals surface area contributed by atoms with Crippen LogP contribution in [0.2, 0.25) is 5.02 Å². The van der Waals surface area contributed by atoms with E-state index in [9.17, 15) is 0 Å². The van der Waals surface area contributed by atoms with Gasteiger partial charge in [-0.25, -0.2) is 0 Å². The number of nitrogens with one attached hydrogen (secondary N) is 1. The van der Waals surface area contributed by atoms with Gasteiger partial charge in [0, 0.05) is 12.6 Å². The summed E-state index contributed by atoms with van der Waals surface area (Å²) >= 11 is 6.27. The first-order valence-corrected chi connectivity index (χ1v) is 8.66. The van der Waals surface area contributed by atoms with Crippen LogP contribution in [0.3, 0.4) is 0 Å². The molecule has 2 nitrogen and oxygen atoms in total. The minimum atomic E-state index is 0.479. The van der Waals surface area contributed by atoms with Crippen LogP contribution < -0.4 is 10.1 Å². The van der Waals surface area contributed by atoms with Crippen LogP contribution in [0.25, 0.3) is 0 Å². The van der Waals surface area contributed by atoms with Crippen LogP contribution in [0.5, 0.6) is 5.75 Å². The van der Waals surface area contributed by atoms with Crippen molar-refractivity contribution in [1.82, 2.24) is 5.32 Å². The second kappa shape index (κ2) is 10.9. The molecule has 0 aromatic heterocycles. The lowest BCUT2D eigenvalue weighted by molar-refractivity contribution is 0.304. The van der Waals surface area contributed by atoms with Gasteiger partial charge in [-0.1, -0.05) is 70.5 Å². The van der Waals surface area contributed by atoms with Gasteiger partial charge in [0.15, 0.2) is 0 Å². The summed E-state index contributed by atoms with van der Waals surface area (Å²) in [6.07, 6.45) is 7.65. The number of ether oxygens (including phenoxy) is 1. The fourth-order valence-electron chi connectivity index (χ4n) is 2.16. The number of hydrogen-bond donors (Lipinski definition) is 1. The summed E-state index contributed by atoms with van der Waals surface area (Å²) in [5.74, 6) is 0.804. The number of benzene rings is 1. The third kappa shape index (κ3) is 8.33. The highest BCUT2D eigenvalue weighted by Gasteiger charge is 2.04. The molecule has 0 aliphatic carbocycles. The maximum Gasteiger partial charge on any atom is 0.137 e. The van der Waals surface area contributed by atoms with E-state index in [1.54, 1.807) is 0 Å². The molecule has 0 spiro atoms. The first-order chi connectivity index (χ1) is 10.1. The summed E-state index contributed by atoms with van der Waals surface area (Å²) < 4.78 is 5.77. The fraction of sp³-hybridized carbons (Fsp3) is 0.667. The van der Waals surface area contributed by atoms with E-state index in [4.69, 9.17) is 16.3 Å². The lowest BCUT2D eigenvalue weighted by Gasteiger charge is -2.11. The Labute approximate surface area is 135 Å². The molecule has 0 fully saturated rings. The van der Waals surface area contributed by atoms with Crippen LogP contribution in [-0.2, 0) is 6.54 Å². The smallest absolute Gasteiger partial charge is 0.137 e. The molecule has 3 heteroatoms.